The molecule has 4 heterocycles. The molecular formula is C28H31IN4O5S. The largest absolute Gasteiger partial charge is 0.493 e. The lowest BCUT2D eigenvalue weighted by atomic mass is 9.65. The van der Waals surface area contributed by atoms with Gasteiger partial charge in [0.15, 0.2) is 21.3 Å². The van der Waals surface area contributed by atoms with E-state index in [9.17, 15) is 13.2 Å². The number of anilines is 1. The second kappa shape index (κ2) is 9.39. The molecule has 0 spiro atoms. The first-order chi connectivity index (χ1) is 18.5. The zero-order chi connectivity index (χ0) is 27.7. The molecule has 1 saturated heterocycles. The zero-order valence-corrected chi connectivity index (χ0v) is 25.3. The van der Waals surface area contributed by atoms with E-state index in [-0.39, 0.29) is 47.9 Å². The number of carbonyl (C=O) groups is 1. The Kier molecular flexibility index (Phi) is 6.37. The number of hydrogen-bond donors (Lipinski definition) is 1. The van der Waals surface area contributed by atoms with Crippen LogP contribution in [0, 0.1) is 16.4 Å². The first-order valence-electron chi connectivity index (χ1n) is 13.0. The molecule has 3 aliphatic heterocycles. The van der Waals surface area contributed by atoms with Gasteiger partial charge in [-0.05, 0) is 65.4 Å². The number of halogens is 1. The summed E-state index contributed by atoms with van der Waals surface area (Å²) >= 11 is 2.32. The summed E-state index contributed by atoms with van der Waals surface area (Å²) in [7, 11) is -1.40. The molecular weight excluding hydrogens is 631 g/mol. The van der Waals surface area contributed by atoms with E-state index < -0.39 is 9.84 Å². The number of rotatable bonds is 3. The van der Waals surface area contributed by atoms with Crippen molar-refractivity contribution < 1.29 is 22.7 Å². The average molecular weight is 663 g/mol. The van der Waals surface area contributed by atoms with Gasteiger partial charge in [-0.2, -0.15) is 5.10 Å². The molecule has 6 rings (SSSR count). The van der Waals surface area contributed by atoms with Crippen LogP contribution in [0.25, 0.3) is 5.69 Å². The number of sulfone groups is 1. The molecule has 2 atom stereocenters. The van der Waals surface area contributed by atoms with Gasteiger partial charge in [-0.1, -0.05) is 13.8 Å². The molecule has 0 aliphatic carbocycles. The van der Waals surface area contributed by atoms with Gasteiger partial charge in [0.25, 0.3) is 5.91 Å². The molecule has 39 heavy (non-hydrogen) atoms. The van der Waals surface area contributed by atoms with Crippen molar-refractivity contribution in [2.45, 2.75) is 32.2 Å². The topological polar surface area (TPSA) is 103 Å². The van der Waals surface area contributed by atoms with Crippen molar-refractivity contribution in [3.8, 4) is 17.2 Å². The number of hydrogen-bond acceptors (Lipinski definition) is 7. The lowest BCUT2D eigenvalue weighted by molar-refractivity contribution is 0.0769. The molecule has 0 bridgehead atoms. The van der Waals surface area contributed by atoms with Crippen molar-refractivity contribution in [2.75, 3.05) is 43.6 Å². The van der Waals surface area contributed by atoms with Crippen molar-refractivity contribution in [2.24, 2.45) is 5.92 Å². The van der Waals surface area contributed by atoms with E-state index >= 15 is 0 Å². The molecule has 1 N–H and O–H groups in total. The molecule has 0 radical (unpaired) electrons. The number of fused-ring (bicyclic) bond motifs is 4. The van der Waals surface area contributed by atoms with E-state index in [1.54, 1.807) is 22.9 Å². The van der Waals surface area contributed by atoms with Crippen LogP contribution in [0.1, 0.15) is 47.1 Å². The third-order valence-electron chi connectivity index (χ3n) is 8.46. The number of methoxy groups -OCH3 is 1. The van der Waals surface area contributed by atoms with Crippen LogP contribution in [0.15, 0.2) is 36.5 Å². The number of nitrogens with one attached hydrogen (secondary N) is 1. The van der Waals surface area contributed by atoms with E-state index in [4.69, 9.17) is 9.47 Å². The first kappa shape index (κ1) is 26.4. The monoisotopic (exact) mass is 662 g/mol. The van der Waals surface area contributed by atoms with Crippen molar-refractivity contribution in [1.29, 1.82) is 0 Å². The molecule has 1 amide bonds. The second-order valence-electron chi connectivity index (χ2n) is 11.0. The maximum atomic E-state index is 13.2. The van der Waals surface area contributed by atoms with Crippen molar-refractivity contribution in [1.82, 2.24) is 14.7 Å². The van der Waals surface area contributed by atoms with Crippen LogP contribution in [0.3, 0.4) is 0 Å². The highest BCUT2D eigenvalue weighted by atomic mass is 127. The quantitative estimate of drug-likeness (QED) is 0.422. The van der Waals surface area contributed by atoms with Gasteiger partial charge in [-0.15, -0.1) is 0 Å². The molecule has 206 valence electrons. The molecule has 2 aromatic carbocycles. The smallest absolute Gasteiger partial charge is 0.257 e. The predicted octanol–water partition coefficient (Wildman–Crippen LogP) is 4.12. The molecule has 3 aromatic rings. The standard InChI is InChI=1S/C28H31IN4O5S/c1-16-20(27(34)32-7-9-39(35,36)10-8-32)14-30-33(16)18-5-6-23-21(13-18)28(2,3)22-15-38-26-19(25(22)31-23)11-17(29)12-24(26)37-4/h5-6,11-14,22,25,31H,7-10,15H2,1-4H3/t22-,25+/m1/s1. The van der Waals surface area contributed by atoms with Crippen LogP contribution in [-0.2, 0) is 15.3 Å². The number of benzene rings is 2. The van der Waals surface area contributed by atoms with Crippen LogP contribution in [-0.4, -0.2) is 67.3 Å². The summed E-state index contributed by atoms with van der Waals surface area (Å²) in [6.45, 7) is 7.36. The van der Waals surface area contributed by atoms with Crippen molar-refractivity contribution >= 4 is 44.0 Å². The van der Waals surface area contributed by atoms with Gasteiger partial charge in [0.1, 0.15) is 0 Å². The fraction of sp³-hybridized carbons (Fsp3) is 0.429. The summed E-state index contributed by atoms with van der Waals surface area (Å²) in [4.78, 5) is 14.8. The second-order valence-corrected chi connectivity index (χ2v) is 14.6. The van der Waals surface area contributed by atoms with E-state index in [0.29, 0.717) is 12.2 Å². The Morgan fingerprint density at radius 1 is 1.21 bits per heavy atom. The number of aromatic nitrogens is 2. The van der Waals surface area contributed by atoms with Gasteiger partial charge in [-0.3, -0.25) is 4.79 Å². The van der Waals surface area contributed by atoms with E-state index in [1.807, 2.05) is 19.1 Å². The zero-order valence-electron chi connectivity index (χ0n) is 22.3. The summed E-state index contributed by atoms with van der Waals surface area (Å²) < 4.78 is 38.4. The third-order valence-corrected chi connectivity index (χ3v) is 10.7. The fourth-order valence-corrected chi connectivity index (χ4v) is 7.89. The van der Waals surface area contributed by atoms with Crippen LogP contribution >= 0.6 is 22.6 Å². The molecule has 0 unspecified atom stereocenters. The molecule has 1 fully saturated rings. The van der Waals surface area contributed by atoms with Gasteiger partial charge in [0.2, 0.25) is 0 Å². The highest BCUT2D eigenvalue weighted by Crippen LogP contribution is 2.54. The summed E-state index contributed by atoms with van der Waals surface area (Å²) in [5, 5.41) is 8.34. The predicted molar refractivity (Wildman–Crippen MR) is 157 cm³/mol. The van der Waals surface area contributed by atoms with E-state index in [0.717, 1.165) is 43.3 Å². The average Bonchev–Trinajstić information content (AvgIpc) is 3.28. The van der Waals surface area contributed by atoms with Gasteiger partial charge in [-0.25, -0.2) is 13.1 Å². The Morgan fingerprint density at radius 2 is 1.95 bits per heavy atom. The highest BCUT2D eigenvalue weighted by Gasteiger charge is 2.47. The third kappa shape index (κ3) is 4.37. The summed E-state index contributed by atoms with van der Waals surface area (Å²) in [6, 6.07) is 10.5. The molecule has 0 saturated carbocycles. The SMILES string of the molecule is COc1cc(I)cc2c1OC[C@@H]1[C@H]2Nc2ccc(-n3ncc(C(=O)N4CCS(=O)(=O)CC4)c3C)cc2C1(C)C. The maximum Gasteiger partial charge on any atom is 0.257 e. The van der Waals surface area contributed by atoms with Crippen LogP contribution in [0.5, 0.6) is 11.5 Å². The summed E-state index contributed by atoms with van der Waals surface area (Å²) in [5.41, 5.74) is 5.20. The van der Waals surface area contributed by atoms with Crippen molar-refractivity contribution in [3.63, 3.8) is 0 Å². The van der Waals surface area contributed by atoms with E-state index in [1.165, 1.54) is 0 Å². The van der Waals surface area contributed by atoms with Crippen LogP contribution in [0.2, 0.25) is 0 Å². The normalized spacial score (nSPS) is 22.5. The number of amides is 1. The van der Waals surface area contributed by atoms with Gasteiger partial charge in [0, 0.05) is 39.2 Å². The van der Waals surface area contributed by atoms with E-state index in [2.05, 4.69) is 65.1 Å². The molecule has 3 aliphatic rings. The minimum absolute atomic E-state index is 0.00110. The summed E-state index contributed by atoms with van der Waals surface area (Å²) in [6.07, 6.45) is 1.58. The highest BCUT2D eigenvalue weighted by molar-refractivity contribution is 14.1. The Balaban J connectivity index is 1.33. The lowest BCUT2D eigenvalue weighted by Gasteiger charge is -2.48. The Hall–Kier alpha value is -2.80. The van der Waals surface area contributed by atoms with Gasteiger partial charge < -0.3 is 19.7 Å². The first-order valence-corrected chi connectivity index (χ1v) is 15.9. The Labute approximate surface area is 241 Å². The lowest BCUT2D eigenvalue weighted by Crippen LogP contribution is -2.46. The Bertz CT molecular complexity index is 1590. The Morgan fingerprint density at radius 3 is 2.67 bits per heavy atom. The maximum absolute atomic E-state index is 13.2. The number of carbonyl (C=O) groups excluding carboxylic acids is 1. The molecule has 9 nitrogen and oxygen atoms in total. The van der Waals surface area contributed by atoms with Gasteiger partial charge >= 0.3 is 0 Å². The minimum Gasteiger partial charge on any atom is -0.493 e. The summed E-state index contributed by atoms with van der Waals surface area (Å²) in [5.74, 6) is 1.56. The number of nitrogens with zero attached hydrogens (tertiary/aromatic N) is 3. The van der Waals surface area contributed by atoms with Crippen LogP contribution < -0.4 is 14.8 Å². The molecule has 11 heteroatoms. The van der Waals surface area contributed by atoms with Crippen LogP contribution in [0.4, 0.5) is 5.69 Å². The number of ether oxygens (including phenoxy) is 2. The minimum atomic E-state index is -3.07. The van der Waals surface area contributed by atoms with Crippen molar-refractivity contribution in [3.05, 3.63) is 62.5 Å². The van der Waals surface area contributed by atoms with Gasteiger partial charge in [0.05, 0.1) is 54.4 Å². The fourth-order valence-electron chi connectivity index (χ4n) is 6.07. The molecule has 1 aromatic heterocycles.